The Morgan fingerprint density at radius 1 is 0.929 bits per heavy atom. The number of benzene rings is 2. The van der Waals surface area contributed by atoms with Crippen LogP contribution in [0.3, 0.4) is 0 Å². The van der Waals surface area contributed by atoms with Gasteiger partial charge in [-0.1, -0.05) is 60.7 Å². The van der Waals surface area contributed by atoms with Gasteiger partial charge in [0.05, 0.1) is 5.01 Å². The van der Waals surface area contributed by atoms with Gasteiger partial charge in [0.1, 0.15) is 5.69 Å². The number of aryl methyl sites for hydroxylation is 2. The molecule has 0 fully saturated rings. The highest BCUT2D eigenvalue weighted by Crippen LogP contribution is 2.16. The molecule has 0 saturated heterocycles. The van der Waals surface area contributed by atoms with Crippen LogP contribution in [0.15, 0.2) is 66.0 Å². The Hall–Kier alpha value is -2.99. The maximum absolute atomic E-state index is 13.0. The van der Waals surface area contributed by atoms with Crippen molar-refractivity contribution in [3.05, 3.63) is 87.9 Å². The normalized spacial score (nSPS) is 10.6. The van der Waals surface area contributed by atoms with E-state index in [1.54, 1.807) is 10.3 Å². The van der Waals surface area contributed by atoms with Gasteiger partial charge in [-0.2, -0.15) is 0 Å². The number of aromatic nitrogens is 1. The van der Waals surface area contributed by atoms with E-state index < -0.39 is 5.91 Å². The van der Waals surface area contributed by atoms with Gasteiger partial charge in [0, 0.05) is 31.3 Å². The van der Waals surface area contributed by atoms with Crippen LogP contribution in [0.4, 0.5) is 0 Å². The highest BCUT2D eigenvalue weighted by atomic mass is 32.1. The first-order valence-corrected chi connectivity index (χ1v) is 10.1. The van der Waals surface area contributed by atoms with Crippen LogP contribution in [0.5, 0.6) is 0 Å². The van der Waals surface area contributed by atoms with Crippen molar-refractivity contribution in [2.45, 2.75) is 25.8 Å². The lowest BCUT2D eigenvalue weighted by Gasteiger charge is -2.21. The molecule has 2 amide bonds. The molecule has 28 heavy (non-hydrogen) atoms. The minimum atomic E-state index is -0.423. The molecule has 6 heteroatoms. The number of nitrogens with two attached hydrogens (primary N) is 1. The molecule has 0 atom stereocenters. The zero-order valence-corrected chi connectivity index (χ0v) is 16.4. The van der Waals surface area contributed by atoms with Gasteiger partial charge < -0.3 is 10.6 Å². The smallest absolute Gasteiger partial charge is 0.273 e. The van der Waals surface area contributed by atoms with Crippen molar-refractivity contribution < 1.29 is 9.59 Å². The molecule has 0 aliphatic rings. The van der Waals surface area contributed by atoms with Crippen molar-refractivity contribution in [3.8, 4) is 0 Å². The molecular weight excluding hydrogens is 370 g/mol. The number of carbonyl (C=O) groups excluding carboxylic acids is 2. The van der Waals surface area contributed by atoms with E-state index in [2.05, 4.69) is 17.1 Å². The third-order valence-electron chi connectivity index (χ3n) is 4.37. The lowest BCUT2D eigenvalue weighted by Crippen LogP contribution is -2.33. The average molecular weight is 394 g/mol. The Labute approximate surface area is 168 Å². The summed E-state index contributed by atoms with van der Waals surface area (Å²) in [5.74, 6) is -0.597. The molecule has 144 valence electrons. The Kier molecular flexibility index (Phi) is 6.92. The molecule has 3 aromatic rings. The van der Waals surface area contributed by atoms with Crippen molar-refractivity contribution in [1.29, 1.82) is 0 Å². The number of thiazole rings is 1. The largest absolute Gasteiger partial charge is 0.370 e. The Morgan fingerprint density at radius 2 is 1.57 bits per heavy atom. The summed E-state index contributed by atoms with van der Waals surface area (Å²) in [6, 6.07) is 19.9. The highest BCUT2D eigenvalue weighted by Gasteiger charge is 2.19. The van der Waals surface area contributed by atoms with Crippen LogP contribution in [0, 0.1) is 0 Å². The van der Waals surface area contributed by atoms with Gasteiger partial charge >= 0.3 is 0 Å². The first-order valence-electron chi connectivity index (χ1n) is 9.21. The van der Waals surface area contributed by atoms with E-state index in [4.69, 9.17) is 5.73 Å². The van der Waals surface area contributed by atoms with Crippen molar-refractivity contribution in [2.75, 3.05) is 6.54 Å². The van der Waals surface area contributed by atoms with Crippen LogP contribution >= 0.6 is 11.3 Å². The fourth-order valence-corrected chi connectivity index (χ4v) is 3.66. The van der Waals surface area contributed by atoms with Gasteiger partial charge in [-0.3, -0.25) is 9.59 Å². The number of nitrogens with zero attached hydrogens (tertiary/aromatic N) is 2. The zero-order chi connectivity index (χ0) is 19.8. The van der Waals surface area contributed by atoms with Gasteiger partial charge in [-0.15, -0.1) is 11.3 Å². The summed E-state index contributed by atoms with van der Waals surface area (Å²) in [5.41, 5.74) is 7.95. The number of hydrogen-bond acceptors (Lipinski definition) is 4. The topological polar surface area (TPSA) is 76.3 Å². The van der Waals surface area contributed by atoms with E-state index in [9.17, 15) is 9.59 Å². The quantitative estimate of drug-likeness (QED) is 0.605. The highest BCUT2D eigenvalue weighted by molar-refractivity contribution is 7.09. The summed E-state index contributed by atoms with van der Waals surface area (Å²) >= 11 is 1.49. The van der Waals surface area contributed by atoms with Gasteiger partial charge in [-0.05, 0) is 17.5 Å². The maximum atomic E-state index is 13.0. The fraction of sp³-hybridized carbons (Fsp3) is 0.227. The molecular formula is C22H23N3O2S. The van der Waals surface area contributed by atoms with E-state index in [0.717, 1.165) is 23.4 Å². The summed E-state index contributed by atoms with van der Waals surface area (Å²) in [6.07, 6.45) is 1.81. The van der Waals surface area contributed by atoms with E-state index >= 15 is 0 Å². The zero-order valence-electron chi connectivity index (χ0n) is 15.6. The SMILES string of the molecule is NC(=O)CCN(Cc1ccccc1)C(=O)c1csc(CCc2ccccc2)n1. The van der Waals surface area contributed by atoms with Crippen LogP contribution < -0.4 is 5.73 Å². The second-order valence-electron chi connectivity index (χ2n) is 6.54. The van der Waals surface area contributed by atoms with Crippen molar-refractivity contribution in [3.63, 3.8) is 0 Å². The predicted octanol–water partition coefficient (Wildman–Crippen LogP) is 3.45. The van der Waals surface area contributed by atoms with Crippen LogP contribution in [0.1, 0.15) is 33.0 Å². The lowest BCUT2D eigenvalue weighted by atomic mass is 10.1. The molecule has 0 unspecified atom stereocenters. The molecule has 2 aromatic carbocycles. The van der Waals surface area contributed by atoms with E-state index in [1.807, 2.05) is 48.5 Å². The number of primary amides is 1. The lowest BCUT2D eigenvalue weighted by molar-refractivity contribution is -0.118. The molecule has 0 aliphatic heterocycles. The van der Waals surface area contributed by atoms with E-state index in [1.165, 1.54) is 16.9 Å². The minimum absolute atomic E-state index is 0.129. The fourth-order valence-electron chi connectivity index (χ4n) is 2.88. The number of hydrogen-bond donors (Lipinski definition) is 1. The molecule has 5 nitrogen and oxygen atoms in total. The first-order chi connectivity index (χ1) is 13.6. The summed E-state index contributed by atoms with van der Waals surface area (Å²) in [4.78, 5) is 30.3. The molecule has 0 aliphatic carbocycles. The van der Waals surface area contributed by atoms with Gasteiger partial charge in [-0.25, -0.2) is 4.98 Å². The Balaban J connectivity index is 1.67. The molecule has 3 rings (SSSR count). The van der Waals surface area contributed by atoms with E-state index in [-0.39, 0.29) is 18.9 Å². The van der Waals surface area contributed by atoms with Gasteiger partial charge in [0.15, 0.2) is 0 Å². The Morgan fingerprint density at radius 3 is 2.21 bits per heavy atom. The molecule has 0 spiro atoms. The van der Waals surface area contributed by atoms with Crippen LogP contribution in [-0.4, -0.2) is 28.2 Å². The van der Waals surface area contributed by atoms with Crippen LogP contribution in [0.25, 0.3) is 0 Å². The Bertz CT molecular complexity index is 910. The summed E-state index contributed by atoms with van der Waals surface area (Å²) in [7, 11) is 0. The van der Waals surface area contributed by atoms with Crippen molar-refractivity contribution >= 4 is 23.2 Å². The van der Waals surface area contributed by atoms with Gasteiger partial charge in [0.25, 0.3) is 5.91 Å². The summed E-state index contributed by atoms with van der Waals surface area (Å²) in [6.45, 7) is 0.698. The standard InChI is InChI=1S/C22H23N3O2S/c23-20(26)13-14-25(15-18-9-5-2-6-10-18)22(27)19-16-28-21(24-19)12-11-17-7-3-1-4-8-17/h1-10,16H,11-15H2,(H2,23,26). The second-order valence-corrected chi connectivity index (χ2v) is 7.48. The molecule has 0 bridgehead atoms. The van der Waals surface area contributed by atoms with Crippen molar-refractivity contribution in [2.24, 2.45) is 5.73 Å². The number of amides is 2. The number of rotatable bonds is 9. The summed E-state index contributed by atoms with van der Waals surface area (Å²) in [5, 5.41) is 2.73. The maximum Gasteiger partial charge on any atom is 0.273 e. The third kappa shape index (κ3) is 5.76. The molecule has 2 N–H and O–H groups in total. The minimum Gasteiger partial charge on any atom is -0.370 e. The van der Waals surface area contributed by atoms with Crippen LogP contribution in [-0.2, 0) is 24.2 Å². The third-order valence-corrected chi connectivity index (χ3v) is 5.28. The molecule has 1 aromatic heterocycles. The molecule has 0 radical (unpaired) electrons. The molecule has 0 saturated carbocycles. The monoisotopic (exact) mass is 393 g/mol. The number of carbonyl (C=O) groups is 2. The average Bonchev–Trinajstić information content (AvgIpc) is 3.19. The molecule has 1 heterocycles. The first kappa shape index (κ1) is 19.8. The van der Waals surface area contributed by atoms with Crippen LogP contribution in [0.2, 0.25) is 0 Å². The van der Waals surface area contributed by atoms with Crippen molar-refractivity contribution in [1.82, 2.24) is 9.88 Å². The van der Waals surface area contributed by atoms with Gasteiger partial charge in [0.2, 0.25) is 5.91 Å². The summed E-state index contributed by atoms with van der Waals surface area (Å²) < 4.78 is 0. The van der Waals surface area contributed by atoms with E-state index in [0.29, 0.717) is 12.2 Å². The second kappa shape index (κ2) is 9.80. The predicted molar refractivity (Wildman–Crippen MR) is 111 cm³/mol.